The van der Waals surface area contributed by atoms with Crippen LogP contribution in [0.4, 0.5) is 4.39 Å². The minimum atomic E-state index is -3.00. The molecule has 21 heavy (non-hydrogen) atoms. The predicted molar refractivity (Wildman–Crippen MR) is 82.4 cm³/mol. The van der Waals surface area contributed by atoms with E-state index in [2.05, 4.69) is 5.32 Å². The summed E-state index contributed by atoms with van der Waals surface area (Å²) in [7, 11) is -3.00. The van der Waals surface area contributed by atoms with Gasteiger partial charge in [0.15, 0.2) is 9.84 Å². The zero-order valence-electron chi connectivity index (χ0n) is 11.7. The molecule has 0 unspecified atom stereocenters. The molecule has 2 atom stereocenters. The molecule has 0 spiro atoms. The van der Waals surface area contributed by atoms with E-state index in [0.717, 1.165) is 0 Å². The van der Waals surface area contributed by atoms with Gasteiger partial charge in [-0.3, -0.25) is 4.79 Å². The summed E-state index contributed by atoms with van der Waals surface area (Å²) < 4.78 is 36.2. The minimum Gasteiger partial charge on any atom is -0.351 e. The van der Waals surface area contributed by atoms with E-state index in [1.807, 2.05) is 0 Å². The van der Waals surface area contributed by atoms with Gasteiger partial charge in [-0.15, -0.1) is 11.8 Å². The summed E-state index contributed by atoms with van der Waals surface area (Å²) in [5, 5.41) is 2.40. The van der Waals surface area contributed by atoms with Gasteiger partial charge in [-0.2, -0.15) is 0 Å². The Kier molecular flexibility index (Phi) is 5.27. The van der Waals surface area contributed by atoms with Crippen LogP contribution in [-0.2, 0) is 20.4 Å². The minimum absolute atomic E-state index is 0.0173. The Morgan fingerprint density at radius 3 is 2.81 bits per heavy atom. The molecule has 1 aliphatic heterocycles. The molecule has 4 nitrogen and oxygen atoms in total. The van der Waals surface area contributed by atoms with Crippen molar-refractivity contribution in [3.8, 4) is 0 Å². The van der Waals surface area contributed by atoms with Crippen LogP contribution in [0, 0.1) is 5.82 Å². The van der Waals surface area contributed by atoms with Crippen LogP contribution < -0.4 is 5.32 Å². The van der Waals surface area contributed by atoms with Crippen molar-refractivity contribution in [2.45, 2.75) is 30.4 Å². The van der Waals surface area contributed by atoms with E-state index in [9.17, 15) is 17.6 Å². The number of rotatable bonds is 5. The second-order valence-corrected chi connectivity index (χ2v) is 8.71. The van der Waals surface area contributed by atoms with E-state index in [0.29, 0.717) is 17.7 Å². The Balaban J connectivity index is 1.82. The third-order valence-corrected chi connectivity index (χ3v) is 6.35. The second-order valence-electron chi connectivity index (χ2n) is 5.15. The van der Waals surface area contributed by atoms with E-state index in [4.69, 9.17) is 0 Å². The van der Waals surface area contributed by atoms with E-state index in [-0.39, 0.29) is 34.5 Å². The van der Waals surface area contributed by atoms with Crippen molar-refractivity contribution in [1.82, 2.24) is 5.32 Å². The van der Waals surface area contributed by atoms with Gasteiger partial charge in [0.2, 0.25) is 5.91 Å². The summed E-state index contributed by atoms with van der Waals surface area (Å²) in [4.78, 5) is 12.0. The lowest BCUT2D eigenvalue weighted by molar-refractivity contribution is -0.120. The topological polar surface area (TPSA) is 63.2 Å². The van der Waals surface area contributed by atoms with Crippen LogP contribution in [0.2, 0.25) is 0 Å². The summed E-state index contributed by atoms with van der Waals surface area (Å²) in [5.74, 6) is 0.0838. The first-order valence-corrected chi connectivity index (χ1v) is 9.60. The standard InChI is InChI=1S/C14H18FNO3S2/c1-10(20-8-11-4-2-3-5-13(11)15)14(17)16-12-6-7-21(18,19)9-12/h2-5,10,12H,6-9H2,1H3,(H,16,17)/t10-,12-/m1/s1. The highest BCUT2D eigenvalue weighted by atomic mass is 32.2. The molecule has 1 aromatic rings. The van der Waals surface area contributed by atoms with Gasteiger partial charge in [-0.05, 0) is 25.0 Å². The van der Waals surface area contributed by atoms with Crippen molar-refractivity contribution in [2.24, 2.45) is 0 Å². The maximum atomic E-state index is 13.5. The molecule has 7 heteroatoms. The Hall–Kier alpha value is -1.08. The largest absolute Gasteiger partial charge is 0.351 e. The van der Waals surface area contributed by atoms with Gasteiger partial charge in [0.05, 0.1) is 16.8 Å². The van der Waals surface area contributed by atoms with Gasteiger partial charge in [0.1, 0.15) is 5.82 Å². The molecule has 1 fully saturated rings. The Bertz CT molecular complexity index is 618. The van der Waals surface area contributed by atoms with Crippen molar-refractivity contribution in [1.29, 1.82) is 0 Å². The van der Waals surface area contributed by atoms with Crippen molar-refractivity contribution >= 4 is 27.5 Å². The number of hydrogen-bond donors (Lipinski definition) is 1. The molecule has 0 aliphatic carbocycles. The number of benzene rings is 1. The fourth-order valence-corrected chi connectivity index (χ4v) is 4.69. The summed E-state index contributed by atoms with van der Waals surface area (Å²) in [6.45, 7) is 1.74. The SMILES string of the molecule is C[C@@H](SCc1ccccc1F)C(=O)N[C@@H]1CCS(=O)(=O)C1. The van der Waals surface area contributed by atoms with E-state index in [1.165, 1.54) is 17.8 Å². The number of sulfone groups is 1. The number of carbonyl (C=O) groups is 1. The lowest BCUT2D eigenvalue weighted by Crippen LogP contribution is -2.40. The molecule has 0 radical (unpaired) electrons. The highest BCUT2D eigenvalue weighted by Gasteiger charge is 2.30. The first kappa shape index (κ1) is 16.3. The van der Waals surface area contributed by atoms with E-state index >= 15 is 0 Å². The molecule has 1 saturated heterocycles. The smallest absolute Gasteiger partial charge is 0.233 e. The number of hydrogen-bond acceptors (Lipinski definition) is 4. The van der Waals surface area contributed by atoms with Gasteiger partial charge in [0, 0.05) is 11.8 Å². The first-order valence-electron chi connectivity index (χ1n) is 6.73. The molecule has 1 aliphatic rings. The molecule has 1 amide bonds. The van der Waals surface area contributed by atoms with Crippen molar-refractivity contribution in [3.63, 3.8) is 0 Å². The number of carbonyl (C=O) groups excluding carboxylic acids is 1. The van der Waals surface area contributed by atoms with Gasteiger partial charge >= 0.3 is 0 Å². The third-order valence-electron chi connectivity index (χ3n) is 3.39. The first-order chi connectivity index (χ1) is 9.87. The number of nitrogens with one attached hydrogen (secondary N) is 1. The fourth-order valence-electron chi connectivity index (χ4n) is 2.13. The summed E-state index contributed by atoms with van der Waals surface area (Å²) >= 11 is 1.33. The molecular formula is C14H18FNO3S2. The van der Waals surface area contributed by atoms with Gasteiger partial charge in [-0.1, -0.05) is 18.2 Å². The lowest BCUT2D eigenvalue weighted by Gasteiger charge is -2.15. The lowest BCUT2D eigenvalue weighted by atomic mass is 10.2. The highest BCUT2D eigenvalue weighted by molar-refractivity contribution is 7.99. The molecule has 1 aromatic carbocycles. The van der Waals surface area contributed by atoms with Crippen LogP contribution in [0.25, 0.3) is 0 Å². The van der Waals surface area contributed by atoms with Gasteiger partial charge < -0.3 is 5.32 Å². The average Bonchev–Trinajstić information content (AvgIpc) is 2.76. The van der Waals surface area contributed by atoms with Crippen LogP contribution in [0.1, 0.15) is 18.9 Å². The third kappa shape index (κ3) is 4.71. The molecule has 0 bridgehead atoms. The molecule has 116 valence electrons. The Labute approximate surface area is 128 Å². The Morgan fingerprint density at radius 2 is 2.19 bits per heavy atom. The van der Waals surface area contributed by atoms with Crippen LogP contribution in [0.3, 0.4) is 0 Å². The molecule has 1 heterocycles. The second kappa shape index (κ2) is 6.79. The van der Waals surface area contributed by atoms with Crippen LogP contribution in [-0.4, -0.2) is 37.1 Å². The summed E-state index contributed by atoms with van der Waals surface area (Å²) in [6, 6.07) is 6.17. The van der Waals surface area contributed by atoms with Gasteiger partial charge in [0.25, 0.3) is 0 Å². The molecule has 1 N–H and O–H groups in total. The molecular weight excluding hydrogens is 313 g/mol. The van der Waals surface area contributed by atoms with Crippen LogP contribution >= 0.6 is 11.8 Å². The monoisotopic (exact) mass is 331 g/mol. The predicted octanol–water partition coefficient (Wildman–Crippen LogP) is 1.75. The van der Waals surface area contributed by atoms with E-state index < -0.39 is 9.84 Å². The zero-order chi connectivity index (χ0) is 15.5. The number of halogens is 1. The maximum Gasteiger partial charge on any atom is 0.233 e. The molecule has 0 saturated carbocycles. The molecule has 0 aromatic heterocycles. The maximum absolute atomic E-state index is 13.5. The summed E-state index contributed by atoms with van der Waals surface area (Å²) in [5.41, 5.74) is 0.561. The number of amides is 1. The quantitative estimate of drug-likeness (QED) is 0.893. The molecule has 2 rings (SSSR count). The van der Waals surface area contributed by atoms with Crippen molar-refractivity contribution in [3.05, 3.63) is 35.6 Å². The van der Waals surface area contributed by atoms with Crippen LogP contribution in [0.15, 0.2) is 24.3 Å². The van der Waals surface area contributed by atoms with E-state index in [1.54, 1.807) is 25.1 Å². The Morgan fingerprint density at radius 1 is 1.48 bits per heavy atom. The zero-order valence-corrected chi connectivity index (χ0v) is 13.3. The average molecular weight is 331 g/mol. The fraction of sp³-hybridized carbons (Fsp3) is 0.500. The normalized spacial score (nSPS) is 21.9. The van der Waals surface area contributed by atoms with Crippen molar-refractivity contribution in [2.75, 3.05) is 11.5 Å². The summed E-state index contributed by atoms with van der Waals surface area (Å²) in [6.07, 6.45) is 0.471. The van der Waals surface area contributed by atoms with Crippen LogP contribution in [0.5, 0.6) is 0 Å². The van der Waals surface area contributed by atoms with Crippen molar-refractivity contribution < 1.29 is 17.6 Å². The number of thioether (sulfide) groups is 1. The highest BCUT2D eigenvalue weighted by Crippen LogP contribution is 2.20. The van der Waals surface area contributed by atoms with Gasteiger partial charge in [-0.25, -0.2) is 12.8 Å².